The lowest BCUT2D eigenvalue weighted by Crippen LogP contribution is -2.32. The fourth-order valence-electron chi connectivity index (χ4n) is 10.2. The molecule has 1 atom stereocenters. The molecule has 4 aromatic rings. The van der Waals surface area contributed by atoms with Gasteiger partial charge in [0.05, 0.1) is 80.4 Å². The van der Waals surface area contributed by atoms with Crippen molar-refractivity contribution < 1.29 is 103 Å². The summed E-state index contributed by atoms with van der Waals surface area (Å²) in [6.07, 6.45) is 5.85. The Morgan fingerprint density at radius 3 is 1.61 bits per heavy atom. The van der Waals surface area contributed by atoms with Gasteiger partial charge in [-0.25, -0.2) is 0 Å². The predicted octanol–water partition coefficient (Wildman–Crippen LogP) is 5.60. The van der Waals surface area contributed by atoms with Gasteiger partial charge in [0.15, 0.2) is 5.71 Å². The molecule has 0 bridgehead atoms. The summed E-state index contributed by atoms with van der Waals surface area (Å²) in [5.41, 5.74) is -0.118. The molecule has 0 saturated carbocycles. The fourth-order valence-corrected chi connectivity index (χ4v) is 13.4. The summed E-state index contributed by atoms with van der Waals surface area (Å²) < 4.78 is 207. The first-order chi connectivity index (χ1) is 36.8. The minimum atomic E-state index is -5.17. The van der Waals surface area contributed by atoms with Crippen LogP contribution in [0.2, 0.25) is 0 Å². The number of anilines is 1. The van der Waals surface area contributed by atoms with Crippen LogP contribution in [0.1, 0.15) is 70.4 Å². The molecule has 24 nitrogen and oxygen atoms in total. The number of ether oxygens (including phenoxy) is 5. The molecular weight excluding hydrogens is 1140 g/mol. The van der Waals surface area contributed by atoms with E-state index in [2.05, 4.69) is 0 Å². The van der Waals surface area contributed by atoms with Crippen molar-refractivity contribution in [1.29, 1.82) is 0 Å². The van der Waals surface area contributed by atoms with Crippen molar-refractivity contribution in [1.82, 2.24) is 0 Å². The Hall–Kier alpha value is -4.83. The number of benzene rings is 4. The number of fused-ring (bicyclic) bond motifs is 6. The Bertz CT molecular complexity index is 3630. The maximum atomic E-state index is 12.9. The average Bonchev–Trinajstić information content (AvgIpc) is 3.97. The van der Waals surface area contributed by atoms with Gasteiger partial charge in [0.25, 0.3) is 50.6 Å². The van der Waals surface area contributed by atoms with Crippen LogP contribution in [0, 0.1) is 0 Å². The van der Waals surface area contributed by atoms with Gasteiger partial charge in [-0.1, -0.05) is 12.1 Å². The van der Waals surface area contributed by atoms with Crippen molar-refractivity contribution >= 4 is 95.2 Å². The van der Waals surface area contributed by atoms with Crippen LogP contribution in [-0.4, -0.2) is 172 Å². The molecule has 0 spiro atoms. The molecule has 2 aliphatic heterocycles. The highest BCUT2D eigenvalue weighted by atomic mass is 32.2. The van der Waals surface area contributed by atoms with Crippen LogP contribution in [0.15, 0.2) is 92.0 Å². The van der Waals surface area contributed by atoms with E-state index in [0.29, 0.717) is 86.2 Å². The van der Waals surface area contributed by atoms with Gasteiger partial charge in [-0.05, 0) is 105 Å². The zero-order chi connectivity index (χ0) is 58.4. The van der Waals surface area contributed by atoms with E-state index in [1.807, 2.05) is 4.58 Å². The van der Waals surface area contributed by atoms with Gasteiger partial charge in [-0.2, -0.15) is 46.7 Å². The SMILES string of the molecule is COCCOCCOCCOCCOCCN1/C(=C/C=C/C2=[N+](CCCCCC(=O)O)c3ccc4c(S(=O)(=O)O)cc(S(=O)(=O)O)cc4c3C2(C)C)C(C)(CCCS(=O)(=O)O)c2c1ccc1c(S(=O)(=O)O)cc(S(=O)(=O)O)cc21. The number of aliphatic carboxylic acids is 1. The molecule has 0 fully saturated rings. The van der Waals surface area contributed by atoms with Gasteiger partial charge in [0, 0.05) is 71.8 Å². The van der Waals surface area contributed by atoms with Gasteiger partial charge in [-0.3, -0.25) is 27.6 Å². The van der Waals surface area contributed by atoms with Crippen LogP contribution in [0.5, 0.6) is 0 Å². The van der Waals surface area contributed by atoms with Crippen LogP contribution in [0.3, 0.4) is 0 Å². The third-order valence-electron chi connectivity index (χ3n) is 13.7. The molecule has 0 radical (unpaired) electrons. The molecule has 0 aliphatic carbocycles. The lowest BCUT2D eigenvalue weighted by atomic mass is 9.75. The van der Waals surface area contributed by atoms with E-state index in [9.17, 15) is 74.8 Å². The average molecular weight is 1210 g/mol. The van der Waals surface area contributed by atoms with Crippen LogP contribution in [0.25, 0.3) is 21.5 Å². The number of nitrogens with zero attached hydrogens (tertiary/aromatic N) is 2. The molecule has 436 valence electrons. The zero-order valence-electron chi connectivity index (χ0n) is 43.7. The summed E-state index contributed by atoms with van der Waals surface area (Å²) in [5.74, 6) is -1.72. The molecule has 4 aromatic carbocycles. The largest absolute Gasteiger partial charge is 0.481 e. The first-order valence-corrected chi connectivity index (χ1v) is 32.1. The number of carboxylic acid groups (broad SMARTS) is 1. The number of hydrogen-bond acceptors (Lipinski definition) is 17. The highest BCUT2D eigenvalue weighted by Gasteiger charge is 2.48. The highest BCUT2D eigenvalue weighted by Crippen LogP contribution is 2.54. The van der Waals surface area contributed by atoms with E-state index >= 15 is 0 Å². The second kappa shape index (κ2) is 25.5. The van der Waals surface area contributed by atoms with Crippen molar-refractivity contribution in [3.8, 4) is 0 Å². The molecule has 29 heteroatoms. The zero-order valence-corrected chi connectivity index (χ0v) is 47.8. The van der Waals surface area contributed by atoms with Crippen molar-refractivity contribution in [3.05, 3.63) is 83.6 Å². The van der Waals surface area contributed by atoms with Crippen LogP contribution in [0.4, 0.5) is 11.4 Å². The molecule has 6 N–H and O–H groups in total. The summed E-state index contributed by atoms with van der Waals surface area (Å²) in [6.45, 7) is 7.98. The normalized spacial score (nSPS) is 17.5. The molecule has 2 heterocycles. The molecule has 1 unspecified atom stereocenters. The molecule has 0 amide bonds. The predicted molar refractivity (Wildman–Crippen MR) is 289 cm³/mol. The van der Waals surface area contributed by atoms with E-state index < -0.39 is 92.7 Å². The van der Waals surface area contributed by atoms with Crippen molar-refractivity contribution in [2.24, 2.45) is 0 Å². The number of rotatable bonds is 31. The second-order valence-corrected chi connectivity index (χ2v) is 26.6. The van der Waals surface area contributed by atoms with Gasteiger partial charge in [0.1, 0.15) is 16.3 Å². The molecule has 6 rings (SSSR count). The number of unbranched alkanes of at least 4 members (excludes halogenated alkanes) is 2. The first kappa shape index (κ1) is 63.4. The summed E-state index contributed by atoms with van der Waals surface area (Å²) in [5, 5.41) is 9.11. The first-order valence-electron chi connectivity index (χ1n) is 24.7. The quantitative estimate of drug-likeness (QED) is 0.0203. The number of carbonyl (C=O) groups is 1. The topological polar surface area (TPSA) is 362 Å². The summed E-state index contributed by atoms with van der Waals surface area (Å²) >= 11 is 0. The third kappa shape index (κ3) is 15.4. The monoisotopic (exact) mass is 1210 g/mol. The van der Waals surface area contributed by atoms with E-state index in [1.165, 1.54) is 18.2 Å². The van der Waals surface area contributed by atoms with E-state index in [4.69, 9.17) is 23.7 Å². The van der Waals surface area contributed by atoms with Crippen LogP contribution < -0.4 is 4.90 Å². The Morgan fingerprint density at radius 1 is 0.608 bits per heavy atom. The maximum Gasteiger partial charge on any atom is 0.303 e. The highest BCUT2D eigenvalue weighted by molar-refractivity contribution is 7.87. The lowest BCUT2D eigenvalue weighted by molar-refractivity contribution is -0.438. The molecule has 0 saturated heterocycles. The minimum Gasteiger partial charge on any atom is -0.481 e. The summed E-state index contributed by atoms with van der Waals surface area (Å²) in [4.78, 5) is 9.84. The van der Waals surface area contributed by atoms with Crippen molar-refractivity contribution in [2.75, 3.05) is 90.3 Å². The molecule has 2 aliphatic rings. The van der Waals surface area contributed by atoms with Gasteiger partial charge in [-0.15, -0.1) is 0 Å². The maximum absolute atomic E-state index is 12.9. The molecule has 79 heavy (non-hydrogen) atoms. The number of methoxy groups -OCH3 is 1. The van der Waals surface area contributed by atoms with E-state index in [0.717, 1.165) is 12.1 Å². The van der Waals surface area contributed by atoms with Gasteiger partial charge < -0.3 is 33.7 Å². The Labute approximate surface area is 459 Å². The van der Waals surface area contributed by atoms with Crippen molar-refractivity contribution in [2.45, 2.75) is 89.7 Å². The second-order valence-electron chi connectivity index (χ2n) is 19.4. The summed E-state index contributed by atoms with van der Waals surface area (Å²) in [6, 6.07) is 9.23. The van der Waals surface area contributed by atoms with Crippen LogP contribution >= 0.6 is 0 Å². The standard InChI is InChI=1S/C50H64N2O22S5/c1-49(2)44(51(18-7-5-6-12-46(53)54)40-15-13-36-38(47(40)49)30-34(76(58,59)60)32-42(36)78(64,65)66)10-8-11-45-50(3,17-9-29-75(55,56)57)48-39-31-35(77(61,62)63)33-43(79(67,68)69)37(39)14-16-41(48)52(45)19-20-71-23-24-73-27-28-74-26-25-72-22-21-70-4/h8,10-11,13-16,30-33H,5-7,9,12,17-29H2,1-4H3,(H5-,53,54,55,56,57,58,59,60,61,62,63,64,65,66,67,68,69)/p+1. The van der Waals surface area contributed by atoms with Crippen molar-refractivity contribution in [3.63, 3.8) is 0 Å². The van der Waals surface area contributed by atoms with Gasteiger partial charge in [0.2, 0.25) is 5.69 Å². The fraction of sp³-hybridized carbons (Fsp3) is 0.480. The summed E-state index contributed by atoms with van der Waals surface area (Å²) in [7, 11) is -23.4. The Kier molecular flexibility index (Phi) is 20.5. The number of hydrogen-bond donors (Lipinski definition) is 6. The molecule has 0 aromatic heterocycles. The molecular formula is C50H65N2O22S5+. The van der Waals surface area contributed by atoms with Gasteiger partial charge >= 0.3 is 5.97 Å². The third-order valence-corrected chi connectivity index (χ3v) is 17.9. The number of carboxylic acids is 1. The minimum absolute atomic E-state index is 0.0131. The van der Waals surface area contributed by atoms with Crippen LogP contribution in [-0.2, 0) is 89.9 Å². The lowest BCUT2D eigenvalue weighted by Gasteiger charge is -2.31. The Morgan fingerprint density at radius 2 is 1.11 bits per heavy atom. The number of allylic oxidation sites excluding steroid dienone is 4. The Balaban J connectivity index is 1.49. The van der Waals surface area contributed by atoms with E-state index in [1.54, 1.807) is 57.1 Å². The van der Waals surface area contributed by atoms with E-state index in [-0.39, 0.29) is 92.5 Å². The smallest absolute Gasteiger partial charge is 0.303 e.